The lowest BCUT2D eigenvalue weighted by atomic mass is 10.2. The zero-order chi connectivity index (χ0) is 12.1. The molecule has 0 aliphatic rings. The first kappa shape index (κ1) is 12.4. The third-order valence-electron chi connectivity index (χ3n) is 1.88. The van der Waals surface area contributed by atoms with Crippen molar-refractivity contribution in [2.24, 2.45) is 0 Å². The predicted octanol–water partition coefficient (Wildman–Crippen LogP) is 1.54. The maximum atomic E-state index is 13.3. The SMILES string of the molecule is CCOc1ccc(NC(=O)C(C)O)cc1F. The zero-order valence-corrected chi connectivity index (χ0v) is 9.16. The number of nitrogens with one attached hydrogen (secondary N) is 1. The second kappa shape index (κ2) is 5.46. The van der Waals surface area contributed by atoms with Crippen molar-refractivity contribution >= 4 is 11.6 Å². The Morgan fingerprint density at radius 2 is 2.31 bits per heavy atom. The van der Waals surface area contributed by atoms with Crippen LogP contribution in [0.25, 0.3) is 0 Å². The number of rotatable bonds is 4. The van der Waals surface area contributed by atoms with Crippen molar-refractivity contribution < 1.29 is 19.0 Å². The van der Waals surface area contributed by atoms with Crippen LogP contribution >= 0.6 is 0 Å². The molecule has 0 radical (unpaired) electrons. The number of carbonyl (C=O) groups is 1. The van der Waals surface area contributed by atoms with E-state index in [1.165, 1.54) is 19.1 Å². The molecule has 0 bridgehead atoms. The highest BCUT2D eigenvalue weighted by Crippen LogP contribution is 2.21. The molecule has 1 rings (SSSR count). The fourth-order valence-electron chi connectivity index (χ4n) is 1.10. The molecular formula is C11H14FNO3. The first-order valence-electron chi connectivity index (χ1n) is 4.96. The van der Waals surface area contributed by atoms with Crippen LogP contribution in [-0.4, -0.2) is 23.7 Å². The molecule has 1 aromatic rings. The van der Waals surface area contributed by atoms with Gasteiger partial charge in [-0.15, -0.1) is 0 Å². The monoisotopic (exact) mass is 227 g/mol. The van der Waals surface area contributed by atoms with Crippen LogP contribution in [0.5, 0.6) is 5.75 Å². The van der Waals surface area contributed by atoms with Crippen molar-refractivity contribution in [2.75, 3.05) is 11.9 Å². The number of hydrogen-bond acceptors (Lipinski definition) is 3. The molecule has 1 aromatic carbocycles. The van der Waals surface area contributed by atoms with Gasteiger partial charge in [0.25, 0.3) is 5.91 Å². The van der Waals surface area contributed by atoms with Crippen molar-refractivity contribution in [3.8, 4) is 5.75 Å². The Labute approximate surface area is 93.0 Å². The van der Waals surface area contributed by atoms with Crippen molar-refractivity contribution in [1.29, 1.82) is 0 Å². The van der Waals surface area contributed by atoms with Gasteiger partial charge in [0.05, 0.1) is 6.61 Å². The van der Waals surface area contributed by atoms with Crippen LogP contribution in [0.2, 0.25) is 0 Å². The molecule has 2 N–H and O–H groups in total. The summed E-state index contributed by atoms with van der Waals surface area (Å²) in [5, 5.41) is 11.3. The van der Waals surface area contributed by atoms with E-state index in [4.69, 9.17) is 9.84 Å². The van der Waals surface area contributed by atoms with E-state index >= 15 is 0 Å². The van der Waals surface area contributed by atoms with Gasteiger partial charge in [0.15, 0.2) is 11.6 Å². The number of benzene rings is 1. The minimum Gasteiger partial charge on any atom is -0.491 e. The summed E-state index contributed by atoms with van der Waals surface area (Å²) in [6, 6.07) is 4.08. The standard InChI is InChI=1S/C11H14FNO3/c1-3-16-10-5-4-8(6-9(10)12)13-11(15)7(2)14/h4-7,14H,3H2,1-2H3,(H,13,15). The maximum absolute atomic E-state index is 13.3. The van der Waals surface area contributed by atoms with Gasteiger partial charge in [-0.1, -0.05) is 0 Å². The molecular weight excluding hydrogens is 213 g/mol. The van der Waals surface area contributed by atoms with E-state index in [0.717, 1.165) is 6.07 Å². The third-order valence-corrected chi connectivity index (χ3v) is 1.88. The number of carbonyl (C=O) groups excluding carboxylic acids is 1. The highest BCUT2D eigenvalue weighted by molar-refractivity contribution is 5.93. The zero-order valence-electron chi connectivity index (χ0n) is 9.16. The molecule has 0 spiro atoms. The Kier molecular flexibility index (Phi) is 4.25. The topological polar surface area (TPSA) is 58.6 Å². The Bertz CT molecular complexity index is 379. The molecule has 0 aliphatic heterocycles. The van der Waals surface area contributed by atoms with Crippen LogP contribution in [0.4, 0.5) is 10.1 Å². The fourth-order valence-corrected chi connectivity index (χ4v) is 1.10. The van der Waals surface area contributed by atoms with Crippen LogP contribution in [0.1, 0.15) is 13.8 Å². The molecule has 1 unspecified atom stereocenters. The molecule has 0 fully saturated rings. The smallest absolute Gasteiger partial charge is 0.252 e. The van der Waals surface area contributed by atoms with Crippen molar-refractivity contribution in [2.45, 2.75) is 20.0 Å². The minimum absolute atomic E-state index is 0.137. The molecule has 5 heteroatoms. The summed E-state index contributed by atoms with van der Waals surface area (Å²) in [5.41, 5.74) is 0.284. The summed E-state index contributed by atoms with van der Waals surface area (Å²) in [6.07, 6.45) is -1.13. The molecule has 0 aromatic heterocycles. The molecule has 1 atom stereocenters. The van der Waals surface area contributed by atoms with Crippen LogP contribution in [0.3, 0.4) is 0 Å². The van der Waals surface area contributed by atoms with E-state index in [1.807, 2.05) is 0 Å². The lowest BCUT2D eigenvalue weighted by Gasteiger charge is -2.09. The van der Waals surface area contributed by atoms with Gasteiger partial charge < -0.3 is 15.2 Å². The fraction of sp³-hybridized carbons (Fsp3) is 0.364. The van der Waals surface area contributed by atoms with E-state index < -0.39 is 17.8 Å². The van der Waals surface area contributed by atoms with Gasteiger partial charge in [-0.25, -0.2) is 4.39 Å². The average molecular weight is 227 g/mol. The number of amides is 1. The molecule has 1 amide bonds. The Morgan fingerprint density at radius 3 is 2.81 bits per heavy atom. The quantitative estimate of drug-likeness (QED) is 0.820. The summed E-state index contributed by atoms with van der Waals surface area (Å²) in [4.78, 5) is 11.1. The number of halogens is 1. The molecule has 0 saturated carbocycles. The van der Waals surface area contributed by atoms with Crippen LogP contribution < -0.4 is 10.1 Å². The normalized spacial score (nSPS) is 12.0. The molecule has 88 valence electrons. The largest absolute Gasteiger partial charge is 0.491 e. The predicted molar refractivity (Wildman–Crippen MR) is 57.9 cm³/mol. The van der Waals surface area contributed by atoms with Gasteiger partial charge in [-0.3, -0.25) is 4.79 Å². The summed E-state index contributed by atoms with van der Waals surface area (Å²) < 4.78 is 18.4. The number of anilines is 1. The third kappa shape index (κ3) is 3.20. The maximum Gasteiger partial charge on any atom is 0.252 e. The van der Waals surface area contributed by atoms with Crippen molar-refractivity contribution in [3.63, 3.8) is 0 Å². The number of ether oxygens (including phenoxy) is 1. The van der Waals surface area contributed by atoms with Gasteiger partial charge in [-0.05, 0) is 26.0 Å². The van der Waals surface area contributed by atoms with Crippen LogP contribution in [-0.2, 0) is 4.79 Å². The van der Waals surface area contributed by atoms with E-state index in [1.54, 1.807) is 6.92 Å². The van der Waals surface area contributed by atoms with E-state index in [2.05, 4.69) is 5.32 Å². The van der Waals surface area contributed by atoms with Gasteiger partial charge in [0.1, 0.15) is 6.10 Å². The summed E-state index contributed by atoms with van der Waals surface area (Å²) in [6.45, 7) is 3.46. The van der Waals surface area contributed by atoms with Crippen LogP contribution in [0, 0.1) is 5.82 Å². The number of aliphatic hydroxyl groups excluding tert-OH is 1. The van der Waals surface area contributed by atoms with Crippen LogP contribution in [0.15, 0.2) is 18.2 Å². The van der Waals surface area contributed by atoms with Gasteiger partial charge in [0, 0.05) is 11.8 Å². The lowest BCUT2D eigenvalue weighted by Crippen LogP contribution is -2.24. The number of hydrogen-bond donors (Lipinski definition) is 2. The molecule has 16 heavy (non-hydrogen) atoms. The van der Waals surface area contributed by atoms with Crippen molar-refractivity contribution in [1.82, 2.24) is 0 Å². The highest BCUT2D eigenvalue weighted by atomic mass is 19.1. The first-order chi connectivity index (χ1) is 7.54. The molecule has 4 nitrogen and oxygen atoms in total. The molecule has 0 aliphatic carbocycles. The Balaban J connectivity index is 2.77. The van der Waals surface area contributed by atoms with E-state index in [9.17, 15) is 9.18 Å². The van der Waals surface area contributed by atoms with Gasteiger partial charge in [-0.2, -0.15) is 0 Å². The average Bonchev–Trinajstić information content (AvgIpc) is 2.22. The molecule has 0 heterocycles. The van der Waals surface area contributed by atoms with E-state index in [-0.39, 0.29) is 11.4 Å². The molecule has 0 saturated heterocycles. The summed E-state index contributed by atoms with van der Waals surface area (Å²) >= 11 is 0. The first-order valence-corrected chi connectivity index (χ1v) is 4.96. The lowest BCUT2D eigenvalue weighted by molar-refractivity contribution is -0.123. The Hall–Kier alpha value is -1.62. The summed E-state index contributed by atoms with van der Waals surface area (Å²) in [7, 11) is 0. The minimum atomic E-state index is -1.13. The van der Waals surface area contributed by atoms with Gasteiger partial charge in [0.2, 0.25) is 0 Å². The number of aliphatic hydroxyl groups is 1. The van der Waals surface area contributed by atoms with Crippen molar-refractivity contribution in [3.05, 3.63) is 24.0 Å². The Morgan fingerprint density at radius 1 is 1.62 bits per heavy atom. The summed E-state index contributed by atoms with van der Waals surface area (Å²) in [5.74, 6) is -0.994. The second-order valence-corrected chi connectivity index (χ2v) is 3.24. The second-order valence-electron chi connectivity index (χ2n) is 3.24. The van der Waals surface area contributed by atoms with Gasteiger partial charge >= 0.3 is 0 Å². The highest BCUT2D eigenvalue weighted by Gasteiger charge is 2.10. The van der Waals surface area contributed by atoms with E-state index in [0.29, 0.717) is 6.61 Å².